The normalized spacial score (nSPS) is 12.3. The molecular formula is C12H18O2S. The van der Waals surface area contributed by atoms with Gasteiger partial charge in [-0.1, -0.05) is 25.1 Å². The molecule has 0 saturated heterocycles. The van der Waals surface area contributed by atoms with E-state index in [-0.39, 0.29) is 0 Å². The topological polar surface area (TPSA) is 26.3 Å². The molecule has 0 spiro atoms. The van der Waals surface area contributed by atoms with Crippen molar-refractivity contribution in [3.63, 3.8) is 0 Å². The molecule has 0 aliphatic carbocycles. The van der Waals surface area contributed by atoms with E-state index >= 15 is 0 Å². The Morgan fingerprint density at radius 3 is 2.60 bits per heavy atom. The molecule has 0 fully saturated rings. The van der Waals surface area contributed by atoms with Crippen LogP contribution in [-0.2, 0) is 10.8 Å². The van der Waals surface area contributed by atoms with Gasteiger partial charge >= 0.3 is 0 Å². The molecular weight excluding hydrogens is 208 g/mol. The van der Waals surface area contributed by atoms with Crippen molar-refractivity contribution in [2.45, 2.75) is 19.8 Å². The first-order chi connectivity index (χ1) is 7.33. The fourth-order valence-electron chi connectivity index (χ4n) is 1.26. The predicted octanol–water partition coefficient (Wildman–Crippen LogP) is 2.61. The lowest BCUT2D eigenvalue weighted by Gasteiger charge is -2.05. The molecule has 0 N–H and O–H groups in total. The monoisotopic (exact) mass is 226 g/mol. The lowest BCUT2D eigenvalue weighted by atomic mass is 10.3. The fraction of sp³-hybridized carbons (Fsp3) is 0.500. The van der Waals surface area contributed by atoms with Gasteiger partial charge in [-0.25, -0.2) is 0 Å². The summed E-state index contributed by atoms with van der Waals surface area (Å²) in [5.74, 6) is 2.45. The number of para-hydroxylation sites is 1. The van der Waals surface area contributed by atoms with Gasteiger partial charge in [0, 0.05) is 22.3 Å². The molecule has 0 heterocycles. The summed E-state index contributed by atoms with van der Waals surface area (Å²) in [6, 6.07) is 9.73. The second-order valence-electron chi connectivity index (χ2n) is 3.36. The summed E-state index contributed by atoms with van der Waals surface area (Å²) in [6.45, 7) is 2.71. The second-order valence-corrected chi connectivity index (χ2v) is 5.06. The van der Waals surface area contributed by atoms with Crippen molar-refractivity contribution in [3.05, 3.63) is 30.3 Å². The minimum atomic E-state index is -0.658. The first kappa shape index (κ1) is 12.2. The van der Waals surface area contributed by atoms with E-state index in [9.17, 15) is 4.21 Å². The van der Waals surface area contributed by atoms with Gasteiger partial charge in [0.25, 0.3) is 0 Å². The zero-order valence-electron chi connectivity index (χ0n) is 9.15. The van der Waals surface area contributed by atoms with Crippen LogP contribution in [0.4, 0.5) is 0 Å². The van der Waals surface area contributed by atoms with Crippen LogP contribution in [0.1, 0.15) is 19.8 Å². The molecule has 1 aromatic rings. The van der Waals surface area contributed by atoms with Crippen molar-refractivity contribution in [1.29, 1.82) is 0 Å². The highest BCUT2D eigenvalue weighted by atomic mass is 32.2. The minimum Gasteiger partial charge on any atom is -0.494 e. The Morgan fingerprint density at radius 1 is 1.20 bits per heavy atom. The summed E-state index contributed by atoms with van der Waals surface area (Å²) in [4.78, 5) is 0. The average molecular weight is 226 g/mol. The van der Waals surface area contributed by atoms with E-state index in [1.807, 2.05) is 30.3 Å². The van der Waals surface area contributed by atoms with Gasteiger partial charge in [0.2, 0.25) is 0 Å². The van der Waals surface area contributed by atoms with E-state index in [1.165, 1.54) is 0 Å². The van der Waals surface area contributed by atoms with E-state index in [1.54, 1.807) is 0 Å². The van der Waals surface area contributed by atoms with Crippen molar-refractivity contribution in [3.8, 4) is 5.75 Å². The van der Waals surface area contributed by atoms with Gasteiger partial charge in [0.15, 0.2) is 0 Å². The van der Waals surface area contributed by atoms with E-state index in [0.29, 0.717) is 6.61 Å². The van der Waals surface area contributed by atoms with Crippen LogP contribution in [0.5, 0.6) is 5.75 Å². The highest BCUT2D eigenvalue weighted by molar-refractivity contribution is 7.84. The van der Waals surface area contributed by atoms with Crippen molar-refractivity contribution >= 4 is 10.8 Å². The van der Waals surface area contributed by atoms with Gasteiger partial charge in [0.1, 0.15) is 5.75 Å². The highest BCUT2D eigenvalue weighted by Crippen LogP contribution is 2.08. The number of rotatable bonds is 7. The van der Waals surface area contributed by atoms with Crippen LogP contribution in [0.2, 0.25) is 0 Å². The maximum absolute atomic E-state index is 11.3. The zero-order chi connectivity index (χ0) is 10.9. The molecule has 0 aliphatic heterocycles. The molecule has 0 amide bonds. The Labute approximate surface area is 94.1 Å². The molecule has 0 bridgehead atoms. The number of hydrogen-bond acceptors (Lipinski definition) is 2. The van der Waals surface area contributed by atoms with E-state index in [4.69, 9.17) is 4.74 Å². The molecule has 84 valence electrons. The van der Waals surface area contributed by atoms with Gasteiger partial charge in [-0.05, 0) is 25.0 Å². The summed E-state index contributed by atoms with van der Waals surface area (Å²) < 4.78 is 16.8. The van der Waals surface area contributed by atoms with Gasteiger partial charge in [-0.3, -0.25) is 4.21 Å². The van der Waals surface area contributed by atoms with Gasteiger partial charge in [0.05, 0.1) is 6.61 Å². The molecule has 2 nitrogen and oxygen atoms in total. The number of benzene rings is 1. The van der Waals surface area contributed by atoms with Crippen molar-refractivity contribution in [2.75, 3.05) is 18.1 Å². The Balaban J connectivity index is 2.10. The van der Waals surface area contributed by atoms with Gasteiger partial charge in [-0.2, -0.15) is 0 Å². The zero-order valence-corrected chi connectivity index (χ0v) is 9.96. The van der Waals surface area contributed by atoms with Crippen LogP contribution in [0.3, 0.4) is 0 Å². The molecule has 1 rings (SSSR count). The van der Waals surface area contributed by atoms with Crippen LogP contribution in [-0.4, -0.2) is 22.3 Å². The molecule has 1 aromatic carbocycles. The third kappa shape index (κ3) is 5.57. The van der Waals surface area contributed by atoms with Crippen LogP contribution < -0.4 is 4.74 Å². The largest absolute Gasteiger partial charge is 0.494 e. The number of ether oxygens (including phenoxy) is 1. The van der Waals surface area contributed by atoms with E-state index in [2.05, 4.69) is 6.92 Å². The Hall–Kier alpha value is -0.830. The highest BCUT2D eigenvalue weighted by Gasteiger charge is 1.98. The molecule has 1 unspecified atom stereocenters. The summed E-state index contributed by atoms with van der Waals surface area (Å²) in [5.41, 5.74) is 0. The third-order valence-electron chi connectivity index (χ3n) is 1.96. The van der Waals surface area contributed by atoms with E-state index in [0.717, 1.165) is 30.1 Å². The van der Waals surface area contributed by atoms with Gasteiger partial charge in [-0.15, -0.1) is 0 Å². The maximum atomic E-state index is 11.3. The molecule has 0 saturated carbocycles. The first-order valence-electron chi connectivity index (χ1n) is 5.35. The molecule has 0 radical (unpaired) electrons. The lowest BCUT2D eigenvalue weighted by Crippen LogP contribution is -2.06. The Bertz CT molecular complexity index is 285. The van der Waals surface area contributed by atoms with Crippen molar-refractivity contribution in [1.82, 2.24) is 0 Å². The lowest BCUT2D eigenvalue weighted by molar-refractivity contribution is 0.318. The Morgan fingerprint density at radius 2 is 1.93 bits per heavy atom. The number of hydrogen-bond donors (Lipinski definition) is 0. The quantitative estimate of drug-likeness (QED) is 0.668. The average Bonchev–Trinajstić information content (AvgIpc) is 2.26. The molecule has 15 heavy (non-hydrogen) atoms. The molecule has 1 atom stereocenters. The minimum absolute atomic E-state index is 0.652. The molecule has 0 aliphatic rings. The molecule has 0 aromatic heterocycles. The standard InChI is InChI=1S/C12H18O2S/c1-2-10-15(13)11-6-9-14-12-7-4-3-5-8-12/h3-5,7-8H,2,6,9-11H2,1H3. The van der Waals surface area contributed by atoms with Crippen LogP contribution in [0.25, 0.3) is 0 Å². The first-order valence-corrected chi connectivity index (χ1v) is 6.84. The summed E-state index contributed by atoms with van der Waals surface area (Å²) in [6.07, 6.45) is 1.85. The van der Waals surface area contributed by atoms with Crippen molar-refractivity contribution < 1.29 is 8.95 Å². The van der Waals surface area contributed by atoms with E-state index < -0.39 is 10.8 Å². The Kier molecular flexibility index (Phi) is 6.09. The maximum Gasteiger partial charge on any atom is 0.119 e. The van der Waals surface area contributed by atoms with Crippen LogP contribution >= 0.6 is 0 Å². The second kappa shape index (κ2) is 7.46. The van der Waals surface area contributed by atoms with Gasteiger partial charge < -0.3 is 4.74 Å². The third-order valence-corrected chi connectivity index (χ3v) is 3.57. The predicted molar refractivity (Wildman–Crippen MR) is 64.7 cm³/mol. The smallest absolute Gasteiger partial charge is 0.119 e. The summed E-state index contributed by atoms with van der Waals surface area (Å²) in [5, 5.41) is 0. The SMILES string of the molecule is CCCS(=O)CCCOc1ccccc1. The summed E-state index contributed by atoms with van der Waals surface area (Å²) in [7, 11) is -0.658. The van der Waals surface area contributed by atoms with Crippen molar-refractivity contribution in [2.24, 2.45) is 0 Å². The molecule has 3 heteroatoms. The van der Waals surface area contributed by atoms with Crippen LogP contribution in [0, 0.1) is 0 Å². The summed E-state index contributed by atoms with van der Waals surface area (Å²) >= 11 is 0. The van der Waals surface area contributed by atoms with Crippen LogP contribution in [0.15, 0.2) is 30.3 Å². The fourth-order valence-corrected chi connectivity index (χ4v) is 2.36.